The zero-order valence-corrected chi connectivity index (χ0v) is 19.1. The molecule has 3 aromatic rings. The molecule has 36 heavy (non-hydrogen) atoms. The van der Waals surface area contributed by atoms with Crippen molar-refractivity contribution in [3.63, 3.8) is 0 Å². The highest BCUT2D eigenvalue weighted by Crippen LogP contribution is 2.34. The highest BCUT2D eigenvalue weighted by Gasteiger charge is 2.31. The van der Waals surface area contributed by atoms with E-state index in [1.807, 2.05) is 6.07 Å². The second kappa shape index (κ2) is 10.0. The Hall–Kier alpha value is -3.85. The molecule has 0 aromatic heterocycles. The van der Waals surface area contributed by atoms with E-state index in [0.29, 0.717) is 37.7 Å². The fourth-order valence-corrected chi connectivity index (χ4v) is 4.50. The number of carbonyl (C=O) groups excluding carboxylic acids is 1. The van der Waals surface area contributed by atoms with Gasteiger partial charge < -0.3 is 14.4 Å². The minimum absolute atomic E-state index is 0.0735. The van der Waals surface area contributed by atoms with Gasteiger partial charge in [-0.05, 0) is 35.9 Å². The van der Waals surface area contributed by atoms with Crippen molar-refractivity contribution in [2.45, 2.75) is 6.04 Å². The largest absolute Gasteiger partial charge is 0.454 e. The van der Waals surface area contributed by atoms with Crippen molar-refractivity contribution >= 4 is 12.0 Å². The van der Waals surface area contributed by atoms with Gasteiger partial charge in [-0.3, -0.25) is 9.69 Å². The van der Waals surface area contributed by atoms with Crippen molar-refractivity contribution in [2.24, 2.45) is 0 Å². The topological polar surface area (TPSA) is 42.0 Å². The molecular weight excluding hydrogens is 476 g/mol. The first-order chi connectivity index (χ1) is 17.4. The lowest BCUT2D eigenvalue weighted by Gasteiger charge is -2.39. The summed E-state index contributed by atoms with van der Waals surface area (Å²) >= 11 is 0. The van der Waals surface area contributed by atoms with Gasteiger partial charge in [0.1, 0.15) is 23.3 Å². The Kier molecular flexibility index (Phi) is 6.65. The predicted octanol–water partition coefficient (Wildman–Crippen LogP) is 4.92. The molecule has 3 aromatic carbocycles. The minimum Gasteiger partial charge on any atom is -0.454 e. The van der Waals surface area contributed by atoms with Gasteiger partial charge in [-0.25, -0.2) is 17.6 Å². The Morgan fingerprint density at radius 1 is 0.778 bits per heavy atom. The number of rotatable bonds is 5. The van der Waals surface area contributed by atoms with Crippen LogP contribution in [0.25, 0.3) is 6.08 Å². The molecule has 1 amide bonds. The van der Waals surface area contributed by atoms with Crippen LogP contribution in [0.1, 0.15) is 22.7 Å². The maximum atomic E-state index is 14.7. The Balaban J connectivity index is 1.32. The molecule has 5 nitrogen and oxygen atoms in total. The Labute approximate surface area is 205 Å². The van der Waals surface area contributed by atoms with E-state index in [1.54, 1.807) is 28.0 Å². The lowest BCUT2D eigenvalue weighted by molar-refractivity contribution is -0.127. The SMILES string of the molecule is O=C(/C=C/c1ccc2c(c1)OCO2)N1CCN(C(c2ccc(F)cc2F)c2ccc(F)cc2F)CC1. The van der Waals surface area contributed by atoms with Crippen molar-refractivity contribution < 1.29 is 31.8 Å². The summed E-state index contributed by atoms with van der Waals surface area (Å²) in [6.07, 6.45) is 3.14. The average Bonchev–Trinajstić information content (AvgIpc) is 3.33. The van der Waals surface area contributed by atoms with Gasteiger partial charge in [0.15, 0.2) is 11.5 Å². The first kappa shape index (κ1) is 23.9. The van der Waals surface area contributed by atoms with Crippen LogP contribution in [-0.4, -0.2) is 48.7 Å². The third-order valence-electron chi connectivity index (χ3n) is 6.32. The molecule has 0 N–H and O–H groups in total. The molecule has 0 saturated carbocycles. The van der Waals surface area contributed by atoms with E-state index in [9.17, 15) is 22.4 Å². The summed E-state index contributed by atoms with van der Waals surface area (Å²) in [4.78, 5) is 16.2. The van der Waals surface area contributed by atoms with E-state index >= 15 is 0 Å². The number of ether oxygens (including phenoxy) is 2. The number of hydrogen-bond donors (Lipinski definition) is 0. The molecule has 0 unspecified atom stereocenters. The average molecular weight is 498 g/mol. The molecule has 1 saturated heterocycles. The summed E-state index contributed by atoms with van der Waals surface area (Å²) in [6.45, 7) is 1.40. The van der Waals surface area contributed by atoms with Gasteiger partial charge in [0.2, 0.25) is 12.7 Å². The highest BCUT2D eigenvalue weighted by atomic mass is 19.1. The molecule has 2 heterocycles. The predicted molar refractivity (Wildman–Crippen MR) is 124 cm³/mol. The third kappa shape index (κ3) is 4.92. The van der Waals surface area contributed by atoms with Crippen LogP contribution in [0.4, 0.5) is 17.6 Å². The molecule has 2 aliphatic heterocycles. The van der Waals surface area contributed by atoms with Crippen molar-refractivity contribution in [1.82, 2.24) is 9.80 Å². The van der Waals surface area contributed by atoms with E-state index in [0.717, 1.165) is 29.8 Å². The van der Waals surface area contributed by atoms with Crippen molar-refractivity contribution in [2.75, 3.05) is 33.0 Å². The normalized spacial score (nSPS) is 15.8. The van der Waals surface area contributed by atoms with E-state index in [4.69, 9.17) is 9.47 Å². The molecule has 9 heteroatoms. The van der Waals surface area contributed by atoms with Gasteiger partial charge in [-0.1, -0.05) is 18.2 Å². The second-order valence-electron chi connectivity index (χ2n) is 8.54. The standard InChI is InChI=1S/C27H22F4N2O3/c28-18-3-5-20(22(30)14-18)27(21-6-4-19(29)15-23(21)31)33-11-9-32(10-12-33)26(34)8-2-17-1-7-24-25(13-17)36-16-35-24/h1-8,13-15,27H,9-12,16H2/b8-2+. The van der Waals surface area contributed by atoms with Gasteiger partial charge >= 0.3 is 0 Å². The number of amides is 1. The van der Waals surface area contributed by atoms with Crippen LogP contribution in [-0.2, 0) is 4.79 Å². The van der Waals surface area contributed by atoms with Gasteiger partial charge in [0, 0.05) is 55.5 Å². The van der Waals surface area contributed by atoms with E-state index in [1.165, 1.54) is 18.2 Å². The van der Waals surface area contributed by atoms with Crippen LogP contribution < -0.4 is 9.47 Å². The summed E-state index contributed by atoms with van der Waals surface area (Å²) in [5.41, 5.74) is 0.929. The molecule has 2 aliphatic rings. The maximum absolute atomic E-state index is 14.7. The second-order valence-corrected chi connectivity index (χ2v) is 8.54. The molecular formula is C27H22F4N2O3. The lowest BCUT2D eigenvalue weighted by Crippen LogP contribution is -2.49. The van der Waals surface area contributed by atoms with Crippen LogP contribution >= 0.6 is 0 Å². The fourth-order valence-electron chi connectivity index (χ4n) is 4.50. The third-order valence-corrected chi connectivity index (χ3v) is 6.32. The summed E-state index contributed by atoms with van der Waals surface area (Å²) in [5, 5.41) is 0. The van der Waals surface area contributed by atoms with Crippen LogP contribution in [0, 0.1) is 23.3 Å². The van der Waals surface area contributed by atoms with Gasteiger partial charge in [-0.2, -0.15) is 0 Å². The van der Waals surface area contributed by atoms with Crippen LogP contribution in [0.3, 0.4) is 0 Å². The van der Waals surface area contributed by atoms with Gasteiger partial charge in [0.05, 0.1) is 6.04 Å². The van der Waals surface area contributed by atoms with E-state index in [-0.39, 0.29) is 23.8 Å². The molecule has 0 aliphatic carbocycles. The zero-order valence-electron chi connectivity index (χ0n) is 19.1. The first-order valence-electron chi connectivity index (χ1n) is 11.4. The monoisotopic (exact) mass is 498 g/mol. The number of piperazine rings is 1. The van der Waals surface area contributed by atoms with Crippen LogP contribution in [0.15, 0.2) is 60.7 Å². The fraction of sp³-hybridized carbons (Fsp3) is 0.222. The number of hydrogen-bond acceptors (Lipinski definition) is 4. The number of carbonyl (C=O) groups is 1. The number of benzene rings is 3. The summed E-state index contributed by atoms with van der Waals surface area (Å²) in [5.74, 6) is -2.09. The quantitative estimate of drug-likeness (QED) is 0.370. The summed E-state index contributed by atoms with van der Waals surface area (Å²) in [7, 11) is 0. The zero-order chi connectivity index (χ0) is 25.2. The first-order valence-corrected chi connectivity index (χ1v) is 11.4. The van der Waals surface area contributed by atoms with Crippen molar-refractivity contribution in [3.8, 4) is 11.5 Å². The van der Waals surface area contributed by atoms with Crippen molar-refractivity contribution in [1.29, 1.82) is 0 Å². The molecule has 0 radical (unpaired) electrons. The van der Waals surface area contributed by atoms with Gasteiger partial charge in [0.25, 0.3) is 0 Å². The number of halogens is 4. The van der Waals surface area contributed by atoms with Crippen LogP contribution in [0.5, 0.6) is 11.5 Å². The number of fused-ring (bicyclic) bond motifs is 1. The molecule has 186 valence electrons. The summed E-state index contributed by atoms with van der Waals surface area (Å²) in [6, 6.07) is 10.7. The minimum atomic E-state index is -0.910. The van der Waals surface area contributed by atoms with E-state index < -0.39 is 29.3 Å². The number of nitrogens with zero attached hydrogens (tertiary/aromatic N) is 2. The molecule has 0 atom stereocenters. The Bertz CT molecular complexity index is 1270. The highest BCUT2D eigenvalue weighted by molar-refractivity contribution is 5.92. The van der Waals surface area contributed by atoms with Crippen LogP contribution in [0.2, 0.25) is 0 Å². The Morgan fingerprint density at radius 3 is 2.00 bits per heavy atom. The molecule has 0 spiro atoms. The molecule has 1 fully saturated rings. The Morgan fingerprint density at radius 2 is 1.39 bits per heavy atom. The van der Waals surface area contributed by atoms with Crippen molar-refractivity contribution in [3.05, 3.63) is 101 Å². The van der Waals surface area contributed by atoms with Gasteiger partial charge in [-0.15, -0.1) is 0 Å². The molecule has 0 bridgehead atoms. The maximum Gasteiger partial charge on any atom is 0.246 e. The van der Waals surface area contributed by atoms with E-state index in [2.05, 4.69) is 0 Å². The summed E-state index contributed by atoms with van der Waals surface area (Å²) < 4.78 is 67.2. The molecule has 5 rings (SSSR count). The smallest absolute Gasteiger partial charge is 0.246 e. The lowest BCUT2D eigenvalue weighted by atomic mass is 9.95.